The number of amides is 4. The summed E-state index contributed by atoms with van der Waals surface area (Å²) in [5.74, 6) is -0.961. The zero-order valence-electron chi connectivity index (χ0n) is 16.5. The Bertz CT molecular complexity index is 1060. The average molecular weight is 425 g/mol. The van der Waals surface area contributed by atoms with Gasteiger partial charge in [-0.25, -0.2) is 4.79 Å². The van der Waals surface area contributed by atoms with Crippen LogP contribution in [0.5, 0.6) is 0 Å². The van der Waals surface area contributed by atoms with Gasteiger partial charge < -0.3 is 9.80 Å². The summed E-state index contributed by atoms with van der Waals surface area (Å²) in [6, 6.07) is 14.4. The molecular weight excluding hydrogens is 404 g/mol. The number of benzene rings is 2. The summed E-state index contributed by atoms with van der Waals surface area (Å²) in [4.78, 5) is 44.2. The maximum atomic E-state index is 13.5. The molecule has 1 spiro atoms. The summed E-state index contributed by atoms with van der Waals surface area (Å²) in [5, 5.41) is 3.07. The molecule has 3 aliphatic heterocycles. The summed E-state index contributed by atoms with van der Waals surface area (Å²) in [6.07, 6.45) is 0.265. The minimum atomic E-state index is -1.36. The Kier molecular flexibility index (Phi) is 4.25. The molecule has 3 aliphatic rings. The van der Waals surface area contributed by atoms with Gasteiger partial charge in [0, 0.05) is 43.1 Å². The van der Waals surface area contributed by atoms with Crippen LogP contribution in [0.1, 0.15) is 5.56 Å². The number of barbiturate groups is 1. The standard InChI is InChI=1S/C22H21ClN4O3/c1-25-20(29)22(19(28)24-21(25)30)12-14-4-2-3-5-17(14)27-11-10-26(13-18(22)27)16-8-6-15(23)7-9-16/h2-9,18H,10-13H2,1H3,(H,24,28,30)/t18-,22+/m1/s1. The molecule has 0 aliphatic carbocycles. The lowest BCUT2D eigenvalue weighted by Gasteiger charge is -2.55. The van der Waals surface area contributed by atoms with Crippen LogP contribution in [0.2, 0.25) is 5.02 Å². The van der Waals surface area contributed by atoms with E-state index in [9.17, 15) is 14.4 Å². The fourth-order valence-electron chi connectivity index (χ4n) is 4.97. The van der Waals surface area contributed by atoms with Crippen LogP contribution >= 0.6 is 11.6 Å². The van der Waals surface area contributed by atoms with E-state index in [1.165, 1.54) is 7.05 Å². The van der Waals surface area contributed by atoms with E-state index in [0.717, 1.165) is 28.4 Å². The maximum Gasteiger partial charge on any atom is 0.330 e. The zero-order valence-corrected chi connectivity index (χ0v) is 17.2. The molecule has 2 saturated heterocycles. The van der Waals surface area contributed by atoms with Crippen LogP contribution in [0.3, 0.4) is 0 Å². The van der Waals surface area contributed by atoms with Crippen LogP contribution in [0, 0.1) is 5.41 Å². The number of para-hydroxylation sites is 1. The van der Waals surface area contributed by atoms with Gasteiger partial charge in [-0.1, -0.05) is 29.8 Å². The first-order valence-electron chi connectivity index (χ1n) is 9.90. The quantitative estimate of drug-likeness (QED) is 0.711. The van der Waals surface area contributed by atoms with Gasteiger partial charge in [0.15, 0.2) is 5.41 Å². The summed E-state index contributed by atoms with van der Waals surface area (Å²) >= 11 is 6.04. The molecule has 0 saturated carbocycles. The Hall–Kier alpha value is -3.06. The number of imide groups is 2. The Balaban J connectivity index is 1.61. The number of halogens is 1. The Morgan fingerprint density at radius 1 is 1.03 bits per heavy atom. The SMILES string of the molecule is CN1C(=O)NC(=O)[C@@]2(Cc3ccccc3N3CCN(c4ccc(Cl)cc4)C[C@@H]32)C1=O. The third-order valence-electron chi connectivity index (χ3n) is 6.53. The molecule has 5 rings (SSSR count). The van der Waals surface area contributed by atoms with Crippen molar-refractivity contribution < 1.29 is 14.4 Å². The van der Waals surface area contributed by atoms with Gasteiger partial charge in [-0.05, 0) is 42.3 Å². The molecule has 2 fully saturated rings. The minimum absolute atomic E-state index is 0.265. The van der Waals surface area contributed by atoms with Crippen molar-refractivity contribution in [3.8, 4) is 0 Å². The monoisotopic (exact) mass is 424 g/mol. The summed E-state index contributed by atoms with van der Waals surface area (Å²) in [6.45, 7) is 1.88. The number of hydrogen-bond donors (Lipinski definition) is 1. The minimum Gasteiger partial charge on any atom is -0.368 e. The van der Waals surface area contributed by atoms with Gasteiger partial charge in [0.2, 0.25) is 11.8 Å². The largest absolute Gasteiger partial charge is 0.368 e. The van der Waals surface area contributed by atoms with Crippen LogP contribution < -0.4 is 15.1 Å². The first-order valence-corrected chi connectivity index (χ1v) is 10.3. The number of nitrogens with one attached hydrogen (secondary N) is 1. The van der Waals surface area contributed by atoms with Crippen molar-refractivity contribution in [2.75, 3.05) is 36.5 Å². The Morgan fingerprint density at radius 2 is 1.77 bits per heavy atom. The van der Waals surface area contributed by atoms with E-state index in [1.54, 1.807) is 0 Å². The highest BCUT2D eigenvalue weighted by atomic mass is 35.5. The van der Waals surface area contributed by atoms with Gasteiger partial charge in [-0.15, -0.1) is 0 Å². The van der Waals surface area contributed by atoms with E-state index >= 15 is 0 Å². The lowest BCUT2D eigenvalue weighted by atomic mass is 9.67. The van der Waals surface area contributed by atoms with Crippen LogP contribution in [-0.4, -0.2) is 55.5 Å². The Labute approximate surface area is 179 Å². The topological polar surface area (TPSA) is 73.0 Å². The maximum absolute atomic E-state index is 13.5. The van der Waals surface area contributed by atoms with E-state index in [0.29, 0.717) is 18.1 Å². The van der Waals surface area contributed by atoms with Crippen molar-refractivity contribution in [2.45, 2.75) is 12.5 Å². The fourth-order valence-corrected chi connectivity index (χ4v) is 5.10. The van der Waals surface area contributed by atoms with E-state index in [1.807, 2.05) is 48.5 Å². The normalized spacial score (nSPS) is 25.9. The van der Waals surface area contributed by atoms with Crippen molar-refractivity contribution in [2.24, 2.45) is 5.41 Å². The van der Waals surface area contributed by atoms with Gasteiger partial charge in [-0.3, -0.25) is 19.8 Å². The molecule has 0 bridgehead atoms. The van der Waals surface area contributed by atoms with E-state index in [4.69, 9.17) is 11.6 Å². The molecule has 2 aromatic rings. The predicted octanol–water partition coefficient (Wildman–Crippen LogP) is 2.29. The van der Waals surface area contributed by atoms with E-state index in [-0.39, 0.29) is 6.42 Å². The van der Waals surface area contributed by atoms with Crippen molar-refractivity contribution in [3.63, 3.8) is 0 Å². The van der Waals surface area contributed by atoms with Crippen molar-refractivity contribution >= 4 is 40.8 Å². The number of hydrogen-bond acceptors (Lipinski definition) is 5. The van der Waals surface area contributed by atoms with Gasteiger partial charge in [-0.2, -0.15) is 0 Å². The second kappa shape index (κ2) is 6.74. The number of rotatable bonds is 1. The number of piperazine rings is 1. The molecule has 30 heavy (non-hydrogen) atoms. The van der Waals surface area contributed by atoms with Crippen molar-refractivity contribution in [1.82, 2.24) is 10.2 Å². The molecule has 154 valence electrons. The van der Waals surface area contributed by atoms with Crippen molar-refractivity contribution in [1.29, 1.82) is 0 Å². The second-order valence-electron chi connectivity index (χ2n) is 8.03. The summed E-state index contributed by atoms with van der Waals surface area (Å²) in [5.41, 5.74) is 1.62. The molecule has 4 amide bonds. The first kappa shape index (κ1) is 18.9. The molecule has 2 aromatic carbocycles. The molecule has 7 nitrogen and oxygen atoms in total. The highest BCUT2D eigenvalue weighted by molar-refractivity contribution is 6.30. The van der Waals surface area contributed by atoms with Crippen molar-refractivity contribution in [3.05, 3.63) is 59.1 Å². The number of urea groups is 1. The third-order valence-corrected chi connectivity index (χ3v) is 6.78. The highest BCUT2D eigenvalue weighted by Gasteiger charge is 2.62. The first-order chi connectivity index (χ1) is 14.4. The molecule has 1 N–H and O–H groups in total. The summed E-state index contributed by atoms with van der Waals surface area (Å²) < 4.78 is 0. The molecule has 8 heteroatoms. The van der Waals surface area contributed by atoms with Crippen LogP contribution in [0.25, 0.3) is 0 Å². The number of anilines is 2. The van der Waals surface area contributed by atoms with E-state index < -0.39 is 29.3 Å². The number of fused-ring (bicyclic) bond motifs is 4. The smallest absolute Gasteiger partial charge is 0.330 e. The molecule has 0 radical (unpaired) electrons. The highest BCUT2D eigenvalue weighted by Crippen LogP contribution is 2.45. The summed E-state index contributed by atoms with van der Waals surface area (Å²) in [7, 11) is 1.43. The fraction of sp³-hybridized carbons (Fsp3) is 0.318. The van der Waals surface area contributed by atoms with E-state index in [2.05, 4.69) is 15.1 Å². The number of nitrogens with zero attached hydrogens (tertiary/aromatic N) is 3. The molecular formula is C22H21ClN4O3. The van der Waals surface area contributed by atoms with Gasteiger partial charge in [0.05, 0.1) is 6.04 Å². The predicted molar refractivity (Wildman–Crippen MR) is 114 cm³/mol. The molecule has 3 heterocycles. The lowest BCUT2D eigenvalue weighted by Crippen LogP contribution is -2.74. The van der Waals surface area contributed by atoms with Gasteiger partial charge >= 0.3 is 6.03 Å². The van der Waals surface area contributed by atoms with Crippen LogP contribution in [0.4, 0.5) is 16.2 Å². The molecule has 0 aromatic heterocycles. The van der Waals surface area contributed by atoms with Gasteiger partial charge in [0.1, 0.15) is 0 Å². The van der Waals surface area contributed by atoms with Crippen LogP contribution in [0.15, 0.2) is 48.5 Å². The zero-order chi connectivity index (χ0) is 21.0. The van der Waals surface area contributed by atoms with Crippen LogP contribution in [-0.2, 0) is 16.0 Å². The second-order valence-corrected chi connectivity index (χ2v) is 8.47. The molecule has 0 unspecified atom stereocenters. The lowest BCUT2D eigenvalue weighted by molar-refractivity contribution is -0.152. The van der Waals surface area contributed by atoms with Gasteiger partial charge in [0.25, 0.3) is 0 Å². The number of carbonyl (C=O) groups is 3. The average Bonchev–Trinajstić information content (AvgIpc) is 2.76. The number of carbonyl (C=O) groups excluding carboxylic acids is 3. The third kappa shape index (κ3) is 2.61. The molecule has 2 atom stereocenters. The Morgan fingerprint density at radius 3 is 2.53 bits per heavy atom.